The van der Waals surface area contributed by atoms with Gasteiger partial charge in [-0.05, 0) is 29.8 Å². The lowest BCUT2D eigenvalue weighted by Gasteiger charge is -2.14. The summed E-state index contributed by atoms with van der Waals surface area (Å²) in [5.74, 6) is 0.807. The first-order valence-corrected chi connectivity index (χ1v) is 8.27. The van der Waals surface area contributed by atoms with E-state index in [0.717, 1.165) is 27.8 Å². The molecule has 3 aromatic rings. The van der Waals surface area contributed by atoms with E-state index in [0.29, 0.717) is 0 Å². The van der Waals surface area contributed by atoms with Gasteiger partial charge in [-0.3, -0.25) is 0 Å². The molecule has 0 N–H and O–H groups in total. The summed E-state index contributed by atoms with van der Waals surface area (Å²) < 4.78 is 1.88. The Hall–Kier alpha value is -2.39. The van der Waals surface area contributed by atoms with Crippen LogP contribution in [0.25, 0.3) is 5.69 Å². The van der Waals surface area contributed by atoms with Gasteiger partial charge in [0.1, 0.15) is 0 Å². The molecule has 24 heavy (non-hydrogen) atoms. The zero-order chi connectivity index (χ0) is 17.2. The highest BCUT2D eigenvalue weighted by Gasteiger charge is 2.20. The second-order valence-electron chi connectivity index (χ2n) is 6.69. The predicted molar refractivity (Wildman–Crippen MR) is 101 cm³/mol. The van der Waals surface area contributed by atoms with Crippen LogP contribution in [-0.2, 0) is 5.41 Å². The van der Waals surface area contributed by atoms with Gasteiger partial charge in [-0.1, -0.05) is 62.7 Å². The first-order valence-electron chi connectivity index (χ1n) is 7.89. The summed E-state index contributed by atoms with van der Waals surface area (Å²) in [5, 5.41) is 5.48. The van der Waals surface area contributed by atoms with Crippen LogP contribution >= 0.6 is 11.6 Å². The monoisotopic (exact) mass is 337 g/mol. The number of hydrogen-bond acceptors (Lipinski definition) is 2. The molecule has 0 radical (unpaired) electrons. The summed E-state index contributed by atoms with van der Waals surface area (Å²) in [6, 6.07) is 19.7. The van der Waals surface area contributed by atoms with Crippen molar-refractivity contribution in [2.45, 2.75) is 26.2 Å². The molecule has 122 valence electrons. The van der Waals surface area contributed by atoms with E-state index in [1.54, 1.807) is 0 Å². The molecule has 0 atom stereocenters. The van der Waals surface area contributed by atoms with Crippen LogP contribution < -0.4 is 0 Å². The van der Waals surface area contributed by atoms with Gasteiger partial charge in [0.2, 0.25) is 0 Å². The quantitative estimate of drug-likeness (QED) is 0.574. The Kier molecular flexibility index (Phi) is 4.54. The van der Waals surface area contributed by atoms with E-state index >= 15 is 0 Å². The molecule has 2 aromatic carbocycles. The molecule has 0 unspecified atom stereocenters. The van der Waals surface area contributed by atoms with Crippen LogP contribution in [0.15, 0.2) is 65.7 Å². The van der Waals surface area contributed by atoms with Gasteiger partial charge in [0.15, 0.2) is 5.82 Å². The third-order valence-corrected chi connectivity index (χ3v) is 3.93. The van der Waals surface area contributed by atoms with Gasteiger partial charge in [0.05, 0.1) is 11.4 Å². The highest BCUT2D eigenvalue weighted by Crippen LogP contribution is 2.27. The van der Waals surface area contributed by atoms with Gasteiger partial charge in [-0.25, -0.2) is 9.67 Å². The van der Waals surface area contributed by atoms with Crippen molar-refractivity contribution in [1.82, 2.24) is 9.78 Å². The third-order valence-electron chi connectivity index (χ3n) is 3.68. The van der Waals surface area contributed by atoms with Gasteiger partial charge >= 0.3 is 0 Å². The topological polar surface area (TPSA) is 30.2 Å². The maximum absolute atomic E-state index is 5.93. The fourth-order valence-corrected chi connectivity index (χ4v) is 2.40. The molecular weight excluding hydrogens is 318 g/mol. The van der Waals surface area contributed by atoms with Crippen molar-refractivity contribution >= 4 is 23.6 Å². The van der Waals surface area contributed by atoms with E-state index in [9.17, 15) is 0 Å². The Bertz CT molecular complexity index is 841. The van der Waals surface area contributed by atoms with E-state index in [-0.39, 0.29) is 5.41 Å². The molecule has 4 heteroatoms. The molecule has 0 bridgehead atoms. The highest BCUT2D eigenvalue weighted by molar-refractivity contribution is 6.30. The Morgan fingerprint density at radius 2 is 1.67 bits per heavy atom. The summed E-state index contributed by atoms with van der Waals surface area (Å²) >= 11 is 5.93. The van der Waals surface area contributed by atoms with Gasteiger partial charge in [0.25, 0.3) is 0 Å². The van der Waals surface area contributed by atoms with E-state index in [2.05, 4.69) is 25.8 Å². The Balaban J connectivity index is 2.02. The fourth-order valence-electron chi connectivity index (χ4n) is 2.28. The van der Waals surface area contributed by atoms with Gasteiger partial charge in [-0.2, -0.15) is 5.10 Å². The molecular formula is C20H20ClN3. The van der Waals surface area contributed by atoms with E-state index < -0.39 is 0 Å². The van der Waals surface area contributed by atoms with Crippen LogP contribution in [0.3, 0.4) is 0 Å². The molecule has 0 saturated heterocycles. The lowest BCUT2D eigenvalue weighted by molar-refractivity contribution is 0.560. The maximum atomic E-state index is 5.93. The number of aromatic nitrogens is 2. The number of halogens is 1. The summed E-state index contributed by atoms with van der Waals surface area (Å²) in [6.45, 7) is 6.45. The van der Waals surface area contributed by atoms with Crippen molar-refractivity contribution < 1.29 is 0 Å². The average molecular weight is 338 g/mol. The average Bonchev–Trinajstić information content (AvgIpc) is 3.00. The summed E-state index contributed by atoms with van der Waals surface area (Å²) in [5.41, 5.74) is 2.97. The van der Waals surface area contributed by atoms with Crippen molar-refractivity contribution in [1.29, 1.82) is 0 Å². The lowest BCUT2D eigenvalue weighted by Crippen LogP contribution is -2.12. The molecule has 0 saturated carbocycles. The smallest absolute Gasteiger partial charge is 0.155 e. The zero-order valence-corrected chi connectivity index (χ0v) is 14.8. The SMILES string of the molecule is CC(C)(C)c1cc(/N=C/c2ccc(Cl)cc2)n(-c2ccccc2)n1. The first-order chi connectivity index (χ1) is 11.4. The van der Waals surface area contributed by atoms with Crippen LogP contribution in [0.4, 0.5) is 5.82 Å². The molecule has 0 aliphatic rings. The first kappa shape index (κ1) is 16.5. The minimum atomic E-state index is -0.0371. The summed E-state index contributed by atoms with van der Waals surface area (Å²) in [6.07, 6.45) is 1.83. The standard InChI is InChI=1S/C20H20ClN3/c1-20(2,3)18-13-19(22-14-15-9-11-16(21)12-10-15)24(23-18)17-7-5-4-6-8-17/h4-14H,1-3H3/b22-14+. The number of benzene rings is 2. The van der Waals surface area contributed by atoms with Crippen molar-refractivity contribution in [3.8, 4) is 5.69 Å². The Morgan fingerprint density at radius 3 is 2.29 bits per heavy atom. The summed E-state index contributed by atoms with van der Waals surface area (Å²) in [4.78, 5) is 4.65. The Morgan fingerprint density at radius 1 is 1.00 bits per heavy atom. The molecule has 0 amide bonds. The molecule has 0 aliphatic carbocycles. The fraction of sp³-hybridized carbons (Fsp3) is 0.200. The van der Waals surface area contributed by atoms with Crippen LogP contribution in [-0.4, -0.2) is 16.0 Å². The molecule has 3 rings (SSSR count). The van der Waals surface area contributed by atoms with E-state index in [1.807, 2.05) is 71.6 Å². The van der Waals surface area contributed by atoms with Gasteiger partial charge < -0.3 is 0 Å². The maximum Gasteiger partial charge on any atom is 0.155 e. The number of para-hydroxylation sites is 1. The third kappa shape index (κ3) is 3.74. The Labute approximate surface area is 147 Å². The second-order valence-corrected chi connectivity index (χ2v) is 7.13. The van der Waals surface area contributed by atoms with Crippen molar-refractivity contribution in [3.05, 3.63) is 76.9 Å². The predicted octanol–water partition coefficient (Wildman–Crippen LogP) is 5.57. The molecule has 1 heterocycles. The van der Waals surface area contributed by atoms with Crippen LogP contribution in [0.2, 0.25) is 5.02 Å². The highest BCUT2D eigenvalue weighted by atomic mass is 35.5. The summed E-state index contributed by atoms with van der Waals surface area (Å²) in [7, 11) is 0. The van der Waals surface area contributed by atoms with Crippen LogP contribution in [0.5, 0.6) is 0 Å². The molecule has 0 fully saturated rings. The molecule has 0 spiro atoms. The molecule has 1 aromatic heterocycles. The van der Waals surface area contributed by atoms with Crippen molar-refractivity contribution in [2.24, 2.45) is 4.99 Å². The molecule has 0 aliphatic heterocycles. The molecule has 3 nitrogen and oxygen atoms in total. The number of hydrogen-bond donors (Lipinski definition) is 0. The number of aliphatic imine (C=N–C) groups is 1. The minimum Gasteiger partial charge on any atom is -0.236 e. The van der Waals surface area contributed by atoms with Crippen molar-refractivity contribution in [3.63, 3.8) is 0 Å². The van der Waals surface area contributed by atoms with Crippen LogP contribution in [0.1, 0.15) is 32.0 Å². The number of nitrogens with zero attached hydrogens (tertiary/aromatic N) is 3. The minimum absolute atomic E-state index is 0.0371. The van der Waals surface area contributed by atoms with Crippen molar-refractivity contribution in [2.75, 3.05) is 0 Å². The zero-order valence-electron chi connectivity index (χ0n) is 14.1. The number of rotatable bonds is 3. The van der Waals surface area contributed by atoms with Crippen LogP contribution in [0, 0.1) is 0 Å². The largest absolute Gasteiger partial charge is 0.236 e. The van der Waals surface area contributed by atoms with Gasteiger partial charge in [0, 0.05) is 22.7 Å². The van der Waals surface area contributed by atoms with E-state index in [4.69, 9.17) is 16.7 Å². The normalized spacial score (nSPS) is 12.0. The van der Waals surface area contributed by atoms with Gasteiger partial charge in [-0.15, -0.1) is 0 Å². The second kappa shape index (κ2) is 6.62. The van der Waals surface area contributed by atoms with E-state index in [1.165, 1.54) is 0 Å². The lowest BCUT2D eigenvalue weighted by atomic mass is 9.92.